The van der Waals surface area contributed by atoms with E-state index >= 15 is 0 Å². The second-order valence-electron chi connectivity index (χ2n) is 8.65. The number of aliphatic imine (C=N–C) groups is 1. The minimum atomic E-state index is -1.34. The Hall–Kier alpha value is -3.05. The topological polar surface area (TPSA) is 100 Å². The summed E-state index contributed by atoms with van der Waals surface area (Å²) >= 11 is 0. The molecule has 1 aliphatic rings. The molecule has 0 unspecified atom stereocenters. The number of halogens is 3. The second kappa shape index (κ2) is 16.6. The molecular formula is C25H37F3N4O4. The molecule has 2 N–H and O–H groups in total. The maximum Gasteiger partial charge on any atom is 0.261 e. The molecule has 11 heteroatoms. The summed E-state index contributed by atoms with van der Waals surface area (Å²) in [6, 6.07) is 1.40. The first-order chi connectivity index (χ1) is 16.9. The zero-order valence-corrected chi connectivity index (χ0v) is 22.0. The van der Waals surface area contributed by atoms with Crippen molar-refractivity contribution in [1.29, 1.82) is 0 Å². The summed E-state index contributed by atoms with van der Waals surface area (Å²) in [6.07, 6.45) is 4.84. The minimum Gasteiger partial charge on any atom is -0.379 e. The number of carbonyl (C=O) groups is 3. The molecule has 1 aromatic carbocycles. The van der Waals surface area contributed by atoms with Crippen molar-refractivity contribution in [2.45, 2.75) is 52.2 Å². The zero-order chi connectivity index (χ0) is 27.9. The molecule has 0 atom stereocenters. The van der Waals surface area contributed by atoms with Gasteiger partial charge in [0.2, 0.25) is 6.41 Å². The van der Waals surface area contributed by atoms with Gasteiger partial charge in [0.05, 0.1) is 11.3 Å². The highest BCUT2D eigenvalue weighted by Crippen LogP contribution is 2.15. The predicted molar refractivity (Wildman–Crippen MR) is 133 cm³/mol. The van der Waals surface area contributed by atoms with E-state index in [9.17, 15) is 27.6 Å². The number of ether oxygens (including phenoxy) is 1. The van der Waals surface area contributed by atoms with Crippen LogP contribution in [0.5, 0.6) is 0 Å². The molecule has 2 amide bonds. The maximum atomic E-state index is 13.4. The fraction of sp³-hybridized carbons (Fsp3) is 0.520. The molecule has 0 radical (unpaired) electrons. The molecule has 1 aromatic rings. The first kappa shape index (κ1) is 33.0. The highest BCUT2D eigenvalue weighted by molar-refractivity contribution is 6.36. The second-order valence-corrected chi connectivity index (χ2v) is 8.65. The predicted octanol–water partition coefficient (Wildman–Crippen LogP) is 3.27. The highest BCUT2D eigenvalue weighted by Gasteiger charge is 2.20. The molecule has 1 fully saturated rings. The van der Waals surface area contributed by atoms with Gasteiger partial charge < -0.3 is 20.3 Å². The van der Waals surface area contributed by atoms with E-state index in [4.69, 9.17) is 4.74 Å². The van der Waals surface area contributed by atoms with Crippen LogP contribution in [0.15, 0.2) is 28.9 Å². The van der Waals surface area contributed by atoms with Gasteiger partial charge in [0, 0.05) is 45.4 Å². The Bertz CT molecular complexity index is 899. The number of aldehydes is 1. The summed E-state index contributed by atoms with van der Waals surface area (Å²) in [6.45, 7) is 9.39. The van der Waals surface area contributed by atoms with E-state index in [-0.39, 0.29) is 17.0 Å². The number of likely N-dealkylation sites (tertiary alicyclic amines) is 1. The molecule has 0 aliphatic carbocycles. The van der Waals surface area contributed by atoms with Crippen LogP contribution in [0.4, 0.5) is 13.2 Å². The van der Waals surface area contributed by atoms with Crippen molar-refractivity contribution in [1.82, 2.24) is 15.5 Å². The van der Waals surface area contributed by atoms with Crippen molar-refractivity contribution in [3.63, 3.8) is 0 Å². The van der Waals surface area contributed by atoms with Crippen molar-refractivity contribution in [2.75, 3.05) is 34.3 Å². The molecule has 1 heterocycles. The summed E-state index contributed by atoms with van der Waals surface area (Å²) in [4.78, 5) is 38.2. The fourth-order valence-electron chi connectivity index (χ4n) is 2.76. The van der Waals surface area contributed by atoms with Crippen LogP contribution < -0.4 is 10.6 Å². The van der Waals surface area contributed by atoms with Gasteiger partial charge in [-0.05, 0) is 47.6 Å². The van der Waals surface area contributed by atoms with Gasteiger partial charge in [-0.15, -0.1) is 0 Å². The molecule has 0 aromatic heterocycles. The minimum absolute atomic E-state index is 0.00405. The Labute approximate surface area is 211 Å². The number of rotatable bonds is 6. The first-order valence-electron chi connectivity index (χ1n) is 11.3. The Morgan fingerprint density at radius 2 is 1.64 bits per heavy atom. The third-order valence-electron chi connectivity index (χ3n) is 5.10. The van der Waals surface area contributed by atoms with Gasteiger partial charge in [-0.25, -0.2) is 13.2 Å². The third-order valence-corrected chi connectivity index (χ3v) is 5.10. The van der Waals surface area contributed by atoms with Gasteiger partial charge in [0.25, 0.3) is 5.91 Å². The smallest absolute Gasteiger partial charge is 0.261 e. The zero-order valence-electron chi connectivity index (χ0n) is 22.0. The third kappa shape index (κ3) is 12.1. The van der Waals surface area contributed by atoms with E-state index in [2.05, 4.69) is 15.6 Å². The molecule has 0 saturated carbocycles. The van der Waals surface area contributed by atoms with Gasteiger partial charge in [-0.2, -0.15) is 0 Å². The summed E-state index contributed by atoms with van der Waals surface area (Å²) < 4.78 is 44.5. The number of nitrogens with zero attached hydrogens (tertiary/aromatic N) is 2. The summed E-state index contributed by atoms with van der Waals surface area (Å²) in [5.74, 6) is -4.95. The van der Waals surface area contributed by atoms with Crippen molar-refractivity contribution >= 4 is 24.3 Å². The van der Waals surface area contributed by atoms with E-state index in [1.165, 1.54) is 20.0 Å². The van der Waals surface area contributed by atoms with Gasteiger partial charge in [0.1, 0.15) is 28.7 Å². The van der Waals surface area contributed by atoms with Crippen molar-refractivity contribution in [3.05, 3.63) is 46.9 Å². The number of allylic oxidation sites excluding steroid dienone is 2. The van der Waals surface area contributed by atoms with Crippen LogP contribution in [-0.2, 0) is 14.3 Å². The van der Waals surface area contributed by atoms with Crippen LogP contribution in [0, 0.1) is 17.5 Å². The van der Waals surface area contributed by atoms with Crippen molar-refractivity contribution in [2.24, 2.45) is 4.99 Å². The summed E-state index contributed by atoms with van der Waals surface area (Å²) in [5, 5.41) is 5.35. The molecule has 0 bridgehead atoms. The highest BCUT2D eigenvalue weighted by atomic mass is 19.1. The normalized spacial score (nSPS) is 14.7. The van der Waals surface area contributed by atoms with Crippen LogP contribution in [0.2, 0.25) is 0 Å². The molecule has 2 rings (SSSR count). The Morgan fingerprint density at radius 1 is 1.14 bits per heavy atom. The SMILES string of the molecule is C/C=C(/NC(=O)c1c(F)cc(F)cc1F)C(C=O)=NC.CNC1CCN(C=O)CC1.COC(C)(C)C. The molecule has 202 valence electrons. The number of hydrogen-bond donors (Lipinski definition) is 2. The number of nitrogens with one attached hydrogen (secondary N) is 2. The van der Waals surface area contributed by atoms with Crippen LogP contribution in [-0.4, -0.2) is 75.2 Å². The van der Waals surface area contributed by atoms with Gasteiger partial charge in [-0.1, -0.05) is 6.08 Å². The number of hydrogen-bond acceptors (Lipinski definition) is 6. The molecule has 36 heavy (non-hydrogen) atoms. The maximum absolute atomic E-state index is 13.4. The summed E-state index contributed by atoms with van der Waals surface area (Å²) in [5.41, 5.74) is -0.994. The van der Waals surface area contributed by atoms with E-state index in [1.54, 1.807) is 7.11 Å². The molecular weight excluding hydrogens is 477 g/mol. The number of amides is 2. The number of carbonyl (C=O) groups excluding carboxylic acids is 3. The van der Waals surface area contributed by atoms with E-state index < -0.39 is 28.9 Å². The largest absolute Gasteiger partial charge is 0.379 e. The van der Waals surface area contributed by atoms with E-state index in [0.717, 1.165) is 32.3 Å². The van der Waals surface area contributed by atoms with Crippen molar-refractivity contribution < 1.29 is 32.3 Å². The number of methoxy groups -OCH3 is 1. The van der Waals surface area contributed by atoms with Crippen LogP contribution in [0.1, 0.15) is 50.9 Å². The van der Waals surface area contributed by atoms with Crippen molar-refractivity contribution in [3.8, 4) is 0 Å². The van der Waals surface area contributed by atoms with Crippen LogP contribution >= 0.6 is 0 Å². The van der Waals surface area contributed by atoms with E-state index in [1.807, 2.05) is 32.7 Å². The number of benzene rings is 1. The fourth-order valence-corrected chi connectivity index (χ4v) is 2.76. The quantitative estimate of drug-likeness (QED) is 0.449. The lowest BCUT2D eigenvalue weighted by Crippen LogP contribution is -2.40. The summed E-state index contributed by atoms with van der Waals surface area (Å²) in [7, 11) is 5.00. The van der Waals surface area contributed by atoms with E-state index in [0.29, 0.717) is 24.5 Å². The van der Waals surface area contributed by atoms with Crippen LogP contribution in [0.3, 0.4) is 0 Å². The lowest BCUT2D eigenvalue weighted by Gasteiger charge is -2.28. The number of piperidine rings is 1. The van der Waals surface area contributed by atoms with Gasteiger partial charge in [-0.3, -0.25) is 19.4 Å². The lowest BCUT2D eigenvalue weighted by molar-refractivity contribution is -0.119. The Balaban J connectivity index is 0.000000630. The van der Waals surface area contributed by atoms with Crippen LogP contribution in [0.25, 0.3) is 0 Å². The Kier molecular flexibility index (Phi) is 15.2. The average Bonchev–Trinajstić information content (AvgIpc) is 2.83. The average molecular weight is 515 g/mol. The molecule has 0 spiro atoms. The Morgan fingerprint density at radius 3 is 1.97 bits per heavy atom. The monoisotopic (exact) mass is 514 g/mol. The standard InChI is InChI=1S/C13H11F3N2O2.C7H14N2O.C5H12O/c1-3-10(11(6-19)17-2)18-13(20)12-8(15)4-7(14)5-9(12)16;1-8-7-2-4-9(6-10)5-3-7;1-5(2,3)6-4/h3-6H,1-2H3,(H,18,20);6-8H,2-5H2,1H3;1-4H3/b10-3+,17-11?;;. The molecule has 1 aliphatic heterocycles. The lowest BCUT2D eigenvalue weighted by atomic mass is 10.1. The molecule has 1 saturated heterocycles. The first-order valence-corrected chi connectivity index (χ1v) is 11.3. The molecule has 8 nitrogen and oxygen atoms in total. The van der Waals surface area contributed by atoms with Gasteiger partial charge >= 0.3 is 0 Å². The van der Waals surface area contributed by atoms with Gasteiger partial charge in [0.15, 0.2) is 6.29 Å².